The molecule has 0 saturated heterocycles. The minimum absolute atomic E-state index is 0.0178. The average Bonchev–Trinajstić information content (AvgIpc) is 2.80. The highest BCUT2D eigenvalue weighted by Gasteiger charge is 2.12. The maximum Gasteiger partial charge on any atom is 0.217 e. The van der Waals surface area contributed by atoms with Gasteiger partial charge in [-0.2, -0.15) is 5.10 Å². The maximum atomic E-state index is 10.9. The summed E-state index contributed by atoms with van der Waals surface area (Å²) < 4.78 is 1.86. The van der Waals surface area contributed by atoms with Crippen LogP contribution in [0.5, 0.6) is 0 Å². The van der Waals surface area contributed by atoms with Crippen LogP contribution in [0.2, 0.25) is 5.02 Å². The molecule has 1 aliphatic heterocycles. The first-order chi connectivity index (χ1) is 9.13. The molecular weight excluding hydrogens is 264 g/mol. The Morgan fingerprint density at radius 3 is 3.05 bits per heavy atom. The lowest BCUT2D eigenvalue weighted by Crippen LogP contribution is -2.36. The van der Waals surface area contributed by atoms with Crippen molar-refractivity contribution in [2.45, 2.75) is 19.9 Å². The van der Waals surface area contributed by atoms with E-state index in [2.05, 4.69) is 21.4 Å². The highest BCUT2D eigenvalue weighted by Crippen LogP contribution is 2.10. The number of hydrogen-bond acceptors (Lipinski definition) is 3. The molecule has 5 nitrogen and oxygen atoms in total. The predicted molar refractivity (Wildman–Crippen MR) is 75.1 cm³/mol. The molecule has 1 amide bonds. The van der Waals surface area contributed by atoms with Gasteiger partial charge in [0.1, 0.15) is 0 Å². The fourth-order valence-electron chi connectivity index (χ4n) is 2.14. The summed E-state index contributed by atoms with van der Waals surface area (Å²) in [5.41, 5.74) is 1.28. The van der Waals surface area contributed by atoms with Crippen molar-refractivity contribution in [3.63, 3.8) is 0 Å². The van der Waals surface area contributed by atoms with Gasteiger partial charge < -0.3 is 5.32 Å². The fourth-order valence-corrected chi connectivity index (χ4v) is 2.30. The molecule has 1 aromatic rings. The van der Waals surface area contributed by atoms with Gasteiger partial charge in [-0.25, -0.2) is 0 Å². The summed E-state index contributed by atoms with van der Waals surface area (Å²) in [6, 6.07) is 0. The summed E-state index contributed by atoms with van der Waals surface area (Å²) in [5.74, 6) is 0.0178. The molecule has 0 atom stereocenters. The summed E-state index contributed by atoms with van der Waals surface area (Å²) in [6.07, 6.45) is 6.74. The van der Waals surface area contributed by atoms with Crippen molar-refractivity contribution in [2.24, 2.45) is 0 Å². The van der Waals surface area contributed by atoms with Crippen LogP contribution in [0.3, 0.4) is 0 Å². The van der Waals surface area contributed by atoms with E-state index in [1.54, 1.807) is 13.1 Å². The van der Waals surface area contributed by atoms with Crippen molar-refractivity contribution < 1.29 is 4.79 Å². The summed E-state index contributed by atoms with van der Waals surface area (Å²) >= 11 is 5.83. The zero-order valence-corrected chi connectivity index (χ0v) is 11.9. The average molecular weight is 283 g/mol. The molecule has 1 aliphatic rings. The lowest BCUT2D eigenvalue weighted by molar-refractivity contribution is -0.118. The Morgan fingerprint density at radius 2 is 2.37 bits per heavy atom. The molecule has 1 N–H and O–H groups in total. The third-order valence-electron chi connectivity index (χ3n) is 3.12. The first kappa shape index (κ1) is 14.1. The van der Waals surface area contributed by atoms with E-state index >= 15 is 0 Å². The zero-order chi connectivity index (χ0) is 13.7. The van der Waals surface area contributed by atoms with E-state index < -0.39 is 0 Å². The van der Waals surface area contributed by atoms with E-state index in [4.69, 9.17) is 11.6 Å². The van der Waals surface area contributed by atoms with Crippen molar-refractivity contribution in [1.82, 2.24) is 20.0 Å². The quantitative estimate of drug-likeness (QED) is 0.829. The highest BCUT2D eigenvalue weighted by molar-refractivity contribution is 6.30. The topological polar surface area (TPSA) is 50.2 Å². The van der Waals surface area contributed by atoms with Gasteiger partial charge in [0.25, 0.3) is 0 Å². The molecule has 0 spiro atoms. The number of nitrogens with one attached hydrogen (secondary N) is 1. The molecule has 0 radical (unpaired) electrons. The number of nitrogens with zero attached hydrogens (tertiary/aromatic N) is 3. The standard InChI is InChI=1S/C13H19ClN4O/c1-11(19)15-7-12-3-2-4-17(9-12)5-6-18-10-13(14)8-16-18/h3,8,10H,2,4-7,9H2,1H3,(H,15,19). The molecule has 0 saturated carbocycles. The lowest BCUT2D eigenvalue weighted by Gasteiger charge is -2.27. The maximum absolute atomic E-state index is 10.9. The van der Waals surface area contributed by atoms with Crippen LogP contribution in [0.1, 0.15) is 13.3 Å². The minimum Gasteiger partial charge on any atom is -0.353 e. The molecule has 0 aliphatic carbocycles. The smallest absolute Gasteiger partial charge is 0.217 e. The van der Waals surface area contributed by atoms with Crippen LogP contribution in [-0.4, -0.2) is 46.8 Å². The van der Waals surface area contributed by atoms with Gasteiger partial charge in [-0.15, -0.1) is 0 Å². The van der Waals surface area contributed by atoms with Gasteiger partial charge in [0.05, 0.1) is 17.8 Å². The number of rotatable bonds is 5. The van der Waals surface area contributed by atoms with Gasteiger partial charge in [-0.05, 0) is 12.0 Å². The minimum atomic E-state index is 0.0178. The van der Waals surface area contributed by atoms with Gasteiger partial charge in [-0.1, -0.05) is 17.7 Å². The van der Waals surface area contributed by atoms with Crippen LogP contribution in [0.4, 0.5) is 0 Å². The molecule has 0 unspecified atom stereocenters. The molecular formula is C13H19ClN4O. The number of halogens is 1. The normalized spacial score (nSPS) is 16.2. The summed E-state index contributed by atoms with van der Waals surface area (Å²) in [4.78, 5) is 13.3. The van der Waals surface area contributed by atoms with Gasteiger partial charge in [0, 0.05) is 39.3 Å². The second-order valence-electron chi connectivity index (χ2n) is 4.76. The Balaban J connectivity index is 1.76. The lowest BCUT2D eigenvalue weighted by atomic mass is 10.1. The van der Waals surface area contributed by atoms with E-state index in [-0.39, 0.29) is 5.91 Å². The number of amides is 1. The first-order valence-electron chi connectivity index (χ1n) is 6.46. The Kier molecular flexibility index (Phi) is 4.99. The van der Waals surface area contributed by atoms with Crippen LogP contribution in [0, 0.1) is 0 Å². The van der Waals surface area contributed by atoms with E-state index in [0.717, 1.165) is 32.6 Å². The van der Waals surface area contributed by atoms with Gasteiger partial charge in [0.15, 0.2) is 0 Å². The van der Waals surface area contributed by atoms with Crippen molar-refractivity contribution in [3.8, 4) is 0 Å². The molecule has 6 heteroatoms. The number of carbonyl (C=O) groups is 1. The van der Waals surface area contributed by atoms with Crippen LogP contribution in [0.25, 0.3) is 0 Å². The van der Waals surface area contributed by atoms with Crippen LogP contribution < -0.4 is 5.32 Å². The van der Waals surface area contributed by atoms with E-state index in [1.807, 2.05) is 10.9 Å². The second-order valence-corrected chi connectivity index (χ2v) is 5.19. The largest absolute Gasteiger partial charge is 0.353 e. The Hall–Kier alpha value is -1.33. The van der Waals surface area contributed by atoms with Crippen LogP contribution >= 0.6 is 11.6 Å². The summed E-state index contributed by atoms with van der Waals surface area (Å²) in [6.45, 7) is 5.94. The molecule has 0 fully saturated rings. The van der Waals surface area contributed by atoms with E-state index in [0.29, 0.717) is 11.6 Å². The fraction of sp³-hybridized carbons (Fsp3) is 0.538. The van der Waals surface area contributed by atoms with Crippen LogP contribution in [0.15, 0.2) is 24.0 Å². The molecule has 19 heavy (non-hydrogen) atoms. The van der Waals surface area contributed by atoms with Gasteiger partial charge in [-0.3, -0.25) is 14.4 Å². The Morgan fingerprint density at radius 1 is 1.53 bits per heavy atom. The molecule has 2 heterocycles. The van der Waals surface area contributed by atoms with Gasteiger partial charge >= 0.3 is 0 Å². The third kappa shape index (κ3) is 4.69. The van der Waals surface area contributed by atoms with E-state index in [1.165, 1.54) is 5.57 Å². The first-order valence-corrected chi connectivity index (χ1v) is 6.84. The zero-order valence-electron chi connectivity index (χ0n) is 11.1. The van der Waals surface area contributed by atoms with Crippen molar-refractivity contribution in [3.05, 3.63) is 29.1 Å². The molecule has 0 bridgehead atoms. The third-order valence-corrected chi connectivity index (χ3v) is 3.31. The van der Waals surface area contributed by atoms with Crippen molar-refractivity contribution >= 4 is 17.5 Å². The molecule has 1 aromatic heterocycles. The predicted octanol–water partition coefficient (Wildman–Crippen LogP) is 1.30. The summed E-state index contributed by atoms with van der Waals surface area (Å²) in [5, 5.41) is 7.68. The SMILES string of the molecule is CC(=O)NCC1=CCCN(CCn2cc(Cl)cn2)C1. The highest BCUT2D eigenvalue weighted by atomic mass is 35.5. The molecule has 2 rings (SSSR count). The van der Waals surface area contributed by atoms with Crippen molar-refractivity contribution in [1.29, 1.82) is 0 Å². The summed E-state index contributed by atoms with van der Waals surface area (Å²) in [7, 11) is 0. The molecule has 0 aromatic carbocycles. The van der Waals surface area contributed by atoms with Gasteiger partial charge in [0.2, 0.25) is 5.91 Å². The second kappa shape index (κ2) is 6.73. The van der Waals surface area contributed by atoms with Crippen molar-refractivity contribution in [2.75, 3.05) is 26.2 Å². The monoisotopic (exact) mass is 282 g/mol. The number of carbonyl (C=O) groups excluding carboxylic acids is 1. The van der Waals surface area contributed by atoms with Crippen LogP contribution in [-0.2, 0) is 11.3 Å². The number of hydrogen-bond donors (Lipinski definition) is 1. The Labute approximate surface area is 118 Å². The Bertz CT molecular complexity index is 469. The molecule has 104 valence electrons. The van der Waals surface area contributed by atoms with E-state index in [9.17, 15) is 4.79 Å². The number of aromatic nitrogens is 2.